The lowest BCUT2D eigenvalue weighted by molar-refractivity contribution is 0.112. The number of aromatic nitrogens is 1. The number of hydrogen-bond acceptors (Lipinski definition) is 7. The molecule has 168 valence electrons. The van der Waals surface area contributed by atoms with Crippen LogP contribution in [0.4, 0.5) is 11.5 Å². The van der Waals surface area contributed by atoms with Crippen molar-refractivity contribution in [3.8, 4) is 0 Å². The highest BCUT2D eigenvalue weighted by Crippen LogP contribution is 2.32. The Morgan fingerprint density at radius 2 is 2.00 bits per heavy atom. The molecule has 0 unspecified atom stereocenters. The topological polar surface area (TPSA) is 83.6 Å². The Morgan fingerprint density at radius 1 is 1.16 bits per heavy atom. The number of rotatable bonds is 4. The van der Waals surface area contributed by atoms with Gasteiger partial charge in [-0.1, -0.05) is 29.8 Å². The molecule has 1 aromatic heterocycles. The molecule has 32 heavy (non-hydrogen) atoms. The summed E-state index contributed by atoms with van der Waals surface area (Å²) < 4.78 is 31.3. The number of nitrogens with zero attached hydrogens (tertiary/aromatic N) is 2. The molecule has 1 saturated heterocycles. The summed E-state index contributed by atoms with van der Waals surface area (Å²) in [6.45, 7) is 4.60. The molecule has 7 nitrogen and oxygen atoms in total. The molecule has 0 bridgehead atoms. The number of nitrogens with one attached hydrogen (secondary N) is 2. The van der Waals surface area contributed by atoms with Gasteiger partial charge in [-0.25, -0.2) is 13.4 Å². The molecule has 0 aliphatic carbocycles. The van der Waals surface area contributed by atoms with Crippen LogP contribution in [0.25, 0.3) is 10.9 Å². The van der Waals surface area contributed by atoms with Gasteiger partial charge in [0.05, 0.1) is 28.3 Å². The quantitative estimate of drug-likeness (QED) is 0.630. The summed E-state index contributed by atoms with van der Waals surface area (Å²) in [4.78, 5) is 7.41. The van der Waals surface area contributed by atoms with Crippen LogP contribution < -0.4 is 15.5 Å². The minimum absolute atomic E-state index is 0.0681. The third kappa shape index (κ3) is 3.94. The Kier molecular flexibility index (Phi) is 5.53. The molecule has 0 radical (unpaired) electrons. The third-order valence-corrected chi connectivity index (χ3v) is 8.16. The molecule has 2 atom stereocenters. The lowest BCUT2D eigenvalue weighted by Crippen LogP contribution is -2.34. The summed E-state index contributed by atoms with van der Waals surface area (Å²) in [5.74, 6) is 0.842. The van der Waals surface area contributed by atoms with E-state index in [0.717, 1.165) is 46.6 Å². The van der Waals surface area contributed by atoms with E-state index in [2.05, 4.69) is 34.6 Å². The van der Waals surface area contributed by atoms with E-state index in [0.29, 0.717) is 18.0 Å². The van der Waals surface area contributed by atoms with Crippen LogP contribution in [0.15, 0.2) is 53.4 Å². The van der Waals surface area contributed by atoms with Crippen LogP contribution in [0, 0.1) is 6.92 Å². The zero-order valence-electron chi connectivity index (χ0n) is 18.3. The fourth-order valence-electron chi connectivity index (χ4n) is 4.61. The number of ether oxygens (including phenoxy) is 1. The Hall–Kier alpha value is -2.68. The second-order valence-corrected chi connectivity index (χ2v) is 10.7. The predicted octanol–water partition coefficient (Wildman–Crippen LogP) is 2.74. The number of sulfone groups is 1. The van der Waals surface area contributed by atoms with Crippen molar-refractivity contribution >= 4 is 32.2 Å². The van der Waals surface area contributed by atoms with Gasteiger partial charge in [0.15, 0.2) is 9.84 Å². The monoisotopic (exact) mass is 452 g/mol. The van der Waals surface area contributed by atoms with E-state index in [9.17, 15) is 8.42 Å². The van der Waals surface area contributed by atoms with Crippen LogP contribution in [0.1, 0.15) is 11.1 Å². The van der Waals surface area contributed by atoms with E-state index in [4.69, 9.17) is 9.72 Å². The van der Waals surface area contributed by atoms with Crippen LogP contribution in [-0.2, 0) is 21.1 Å². The Balaban J connectivity index is 1.57. The Bertz CT molecular complexity index is 1260. The van der Waals surface area contributed by atoms with Crippen LogP contribution in [-0.4, -0.2) is 58.0 Å². The van der Waals surface area contributed by atoms with E-state index in [1.54, 1.807) is 19.2 Å². The molecular formula is C24H28N4O3S. The second kappa shape index (κ2) is 8.35. The van der Waals surface area contributed by atoms with Crippen molar-refractivity contribution in [1.29, 1.82) is 0 Å². The highest BCUT2D eigenvalue weighted by Gasteiger charge is 2.29. The van der Waals surface area contributed by atoms with Gasteiger partial charge in [0, 0.05) is 50.4 Å². The van der Waals surface area contributed by atoms with Gasteiger partial charge in [-0.05, 0) is 30.7 Å². The number of hydrogen-bond donors (Lipinski definition) is 2. The fraction of sp³-hybridized carbons (Fsp3) is 0.375. The second-order valence-electron chi connectivity index (χ2n) is 8.58. The Labute approximate surface area is 188 Å². The maximum atomic E-state index is 12.8. The van der Waals surface area contributed by atoms with E-state index >= 15 is 0 Å². The zero-order chi connectivity index (χ0) is 22.3. The summed E-state index contributed by atoms with van der Waals surface area (Å²) >= 11 is 0. The maximum absolute atomic E-state index is 12.8. The first-order valence-electron chi connectivity index (χ1n) is 10.9. The third-order valence-electron chi connectivity index (χ3n) is 6.38. The van der Waals surface area contributed by atoms with Gasteiger partial charge >= 0.3 is 0 Å². The van der Waals surface area contributed by atoms with E-state index in [1.165, 1.54) is 0 Å². The first kappa shape index (κ1) is 21.2. The van der Waals surface area contributed by atoms with Crippen LogP contribution >= 0.6 is 0 Å². The summed E-state index contributed by atoms with van der Waals surface area (Å²) in [6.07, 6.45) is 0.0849. The van der Waals surface area contributed by atoms with Gasteiger partial charge in [0.25, 0.3) is 0 Å². The summed E-state index contributed by atoms with van der Waals surface area (Å²) in [7, 11) is -1.58. The Morgan fingerprint density at radius 3 is 2.84 bits per heavy atom. The van der Waals surface area contributed by atoms with Crippen LogP contribution in [0.2, 0.25) is 0 Å². The van der Waals surface area contributed by atoms with Crippen LogP contribution in [0.3, 0.4) is 0 Å². The minimum Gasteiger partial charge on any atom is -0.378 e. The molecule has 3 aromatic rings. The maximum Gasteiger partial charge on any atom is 0.180 e. The van der Waals surface area contributed by atoms with Crippen molar-refractivity contribution in [2.24, 2.45) is 0 Å². The predicted molar refractivity (Wildman–Crippen MR) is 127 cm³/mol. The number of anilines is 2. The molecular weight excluding hydrogens is 424 g/mol. The standard InChI is InChI=1S/C24H28N4O3S/c1-16-7-8-19-18(11-16)20(26-21-13-25-14-22(21)31-2)12-24(27-19)28-9-10-32(29,30)23-6-4-3-5-17(23)15-28/h3-8,11-12,21-22,25H,9-10,13-15H2,1-2H3,(H,26,27)/t21-,22-/m0/s1. The number of benzene rings is 2. The van der Waals surface area contributed by atoms with Crippen molar-refractivity contribution in [3.63, 3.8) is 0 Å². The van der Waals surface area contributed by atoms with Crippen molar-refractivity contribution in [2.75, 3.05) is 42.7 Å². The van der Waals surface area contributed by atoms with Crippen molar-refractivity contribution < 1.29 is 13.2 Å². The number of pyridine rings is 1. The van der Waals surface area contributed by atoms with Gasteiger partial charge in [-0.15, -0.1) is 0 Å². The first-order chi connectivity index (χ1) is 15.4. The van der Waals surface area contributed by atoms with E-state index in [-0.39, 0.29) is 17.9 Å². The first-order valence-corrected chi connectivity index (χ1v) is 12.6. The summed E-state index contributed by atoms with van der Waals surface area (Å²) in [5.41, 5.74) is 3.85. The summed E-state index contributed by atoms with van der Waals surface area (Å²) in [5, 5.41) is 8.10. The molecule has 1 fully saturated rings. The normalized spacial score (nSPS) is 22.5. The van der Waals surface area contributed by atoms with Gasteiger partial charge < -0.3 is 20.3 Å². The molecule has 2 aromatic carbocycles. The molecule has 5 rings (SSSR count). The fourth-order valence-corrected chi connectivity index (χ4v) is 6.11. The molecule has 8 heteroatoms. The van der Waals surface area contributed by atoms with Gasteiger partial charge in [0.1, 0.15) is 5.82 Å². The number of fused-ring (bicyclic) bond motifs is 2. The molecule has 0 amide bonds. The van der Waals surface area contributed by atoms with Crippen molar-refractivity contribution in [2.45, 2.75) is 30.5 Å². The summed E-state index contributed by atoms with van der Waals surface area (Å²) in [6, 6.07) is 15.7. The molecule has 2 aliphatic rings. The van der Waals surface area contributed by atoms with Gasteiger partial charge in [-0.3, -0.25) is 0 Å². The molecule has 0 saturated carbocycles. The van der Waals surface area contributed by atoms with E-state index in [1.807, 2.05) is 24.3 Å². The average Bonchev–Trinajstić information content (AvgIpc) is 3.18. The van der Waals surface area contributed by atoms with Crippen LogP contribution in [0.5, 0.6) is 0 Å². The zero-order valence-corrected chi connectivity index (χ0v) is 19.2. The number of methoxy groups -OCH3 is 1. The average molecular weight is 453 g/mol. The van der Waals surface area contributed by atoms with E-state index < -0.39 is 9.84 Å². The molecule has 3 heterocycles. The lowest BCUT2D eigenvalue weighted by Gasteiger charge is -2.25. The SMILES string of the molecule is CO[C@H]1CNC[C@@H]1Nc1cc(N2CCS(=O)(=O)c3ccccc3C2)nc2ccc(C)cc12. The lowest BCUT2D eigenvalue weighted by atomic mass is 10.1. The van der Waals surface area contributed by atoms with Crippen molar-refractivity contribution in [1.82, 2.24) is 10.3 Å². The largest absolute Gasteiger partial charge is 0.378 e. The molecule has 2 N–H and O–H groups in total. The van der Waals surface area contributed by atoms with Gasteiger partial charge in [0.2, 0.25) is 0 Å². The number of aryl methyl sites for hydroxylation is 1. The molecule has 2 aliphatic heterocycles. The smallest absolute Gasteiger partial charge is 0.180 e. The van der Waals surface area contributed by atoms with Crippen molar-refractivity contribution in [3.05, 3.63) is 59.7 Å². The minimum atomic E-state index is -3.32. The highest BCUT2D eigenvalue weighted by molar-refractivity contribution is 7.91. The molecule has 0 spiro atoms. The highest BCUT2D eigenvalue weighted by atomic mass is 32.2. The van der Waals surface area contributed by atoms with Gasteiger partial charge in [-0.2, -0.15) is 0 Å².